The molecule has 3 atom stereocenters. The molecular weight excluding hydrogens is 545 g/mol. The zero-order chi connectivity index (χ0) is 29.5. The van der Waals surface area contributed by atoms with Gasteiger partial charge in [0.1, 0.15) is 36.0 Å². The number of fused-ring (bicyclic) bond motifs is 4. The maximum absolute atomic E-state index is 13.7. The fourth-order valence-electron chi connectivity index (χ4n) is 5.25. The second-order valence-corrected chi connectivity index (χ2v) is 10.9. The SMILES string of the molecule is Cc1cc(C(=O)N[C@H](C)C(F)(F)F)nc2c1N1CCCC(C1)N2C(=O)Nc1cc(OC[C@H]2COC(C)(C)O2)ccn1. The number of nitrogens with zero attached hydrogens (tertiary/aromatic N) is 4. The van der Waals surface area contributed by atoms with Crippen molar-refractivity contribution in [1.82, 2.24) is 15.3 Å². The van der Waals surface area contributed by atoms with Crippen molar-refractivity contribution in [3.8, 4) is 5.75 Å². The molecule has 11 nitrogen and oxygen atoms in total. The number of aromatic nitrogens is 2. The van der Waals surface area contributed by atoms with Gasteiger partial charge in [0.15, 0.2) is 11.6 Å². The lowest BCUT2D eigenvalue weighted by atomic mass is 9.98. The molecule has 5 heterocycles. The van der Waals surface area contributed by atoms with Gasteiger partial charge in [-0.25, -0.2) is 14.8 Å². The lowest BCUT2D eigenvalue weighted by molar-refractivity contribution is -0.149. The van der Waals surface area contributed by atoms with Crippen molar-refractivity contribution in [2.45, 2.75) is 70.7 Å². The predicted molar refractivity (Wildman–Crippen MR) is 143 cm³/mol. The van der Waals surface area contributed by atoms with Crippen LogP contribution >= 0.6 is 0 Å². The van der Waals surface area contributed by atoms with E-state index in [2.05, 4.69) is 20.2 Å². The number of alkyl halides is 3. The number of piperidine rings is 1. The molecule has 0 saturated carbocycles. The molecule has 0 aromatic carbocycles. The number of carbonyl (C=O) groups excluding carboxylic acids is 2. The van der Waals surface area contributed by atoms with E-state index in [1.54, 1.807) is 19.1 Å². The summed E-state index contributed by atoms with van der Waals surface area (Å²) in [6.45, 7) is 8.22. The van der Waals surface area contributed by atoms with E-state index in [0.717, 1.165) is 19.9 Å². The summed E-state index contributed by atoms with van der Waals surface area (Å²) in [5, 5.41) is 4.74. The number of halogens is 3. The van der Waals surface area contributed by atoms with Crippen molar-refractivity contribution < 1.29 is 37.0 Å². The van der Waals surface area contributed by atoms with E-state index in [1.807, 2.05) is 19.2 Å². The second kappa shape index (κ2) is 11.0. The van der Waals surface area contributed by atoms with E-state index < -0.39 is 29.9 Å². The molecule has 41 heavy (non-hydrogen) atoms. The Morgan fingerprint density at radius 1 is 1.29 bits per heavy atom. The normalized spacial score (nSPS) is 22.1. The first-order valence-corrected chi connectivity index (χ1v) is 13.5. The van der Waals surface area contributed by atoms with Gasteiger partial charge in [-0.3, -0.25) is 15.0 Å². The molecule has 14 heteroatoms. The van der Waals surface area contributed by atoms with Crippen molar-refractivity contribution in [3.63, 3.8) is 0 Å². The molecule has 3 amide bonds. The van der Waals surface area contributed by atoms with Crippen LogP contribution in [0.5, 0.6) is 5.75 Å². The summed E-state index contributed by atoms with van der Waals surface area (Å²) >= 11 is 0. The van der Waals surface area contributed by atoms with Crippen molar-refractivity contribution in [1.29, 1.82) is 0 Å². The quantitative estimate of drug-likeness (QED) is 0.528. The highest BCUT2D eigenvalue weighted by Gasteiger charge is 2.41. The Morgan fingerprint density at radius 2 is 2.07 bits per heavy atom. The van der Waals surface area contributed by atoms with E-state index in [-0.39, 0.29) is 36.1 Å². The lowest BCUT2D eigenvalue weighted by Gasteiger charge is -2.46. The number of hydrogen-bond acceptors (Lipinski definition) is 8. The van der Waals surface area contributed by atoms with Gasteiger partial charge in [0.25, 0.3) is 5.91 Å². The van der Waals surface area contributed by atoms with Crippen LogP contribution in [0.1, 0.15) is 49.7 Å². The van der Waals surface area contributed by atoms with Gasteiger partial charge in [-0.15, -0.1) is 0 Å². The van der Waals surface area contributed by atoms with Crippen LogP contribution in [0.2, 0.25) is 0 Å². The van der Waals surface area contributed by atoms with Gasteiger partial charge in [-0.2, -0.15) is 13.2 Å². The number of carbonyl (C=O) groups is 2. The van der Waals surface area contributed by atoms with E-state index in [1.165, 1.54) is 17.2 Å². The second-order valence-electron chi connectivity index (χ2n) is 10.9. The first-order chi connectivity index (χ1) is 19.3. The highest BCUT2D eigenvalue weighted by atomic mass is 19.4. The maximum Gasteiger partial charge on any atom is 0.408 e. The van der Waals surface area contributed by atoms with Crippen molar-refractivity contribution in [2.24, 2.45) is 0 Å². The van der Waals surface area contributed by atoms with Gasteiger partial charge in [-0.05, 0) is 58.2 Å². The fourth-order valence-corrected chi connectivity index (χ4v) is 5.25. The van der Waals surface area contributed by atoms with E-state index >= 15 is 0 Å². The van der Waals surface area contributed by atoms with Gasteiger partial charge in [0, 0.05) is 25.4 Å². The van der Waals surface area contributed by atoms with Crippen LogP contribution in [0.3, 0.4) is 0 Å². The van der Waals surface area contributed by atoms with Crippen LogP contribution in [-0.2, 0) is 9.47 Å². The Labute approximate surface area is 235 Å². The third-order valence-electron chi connectivity index (χ3n) is 7.23. The molecule has 2 aromatic heterocycles. The van der Waals surface area contributed by atoms with E-state index in [0.29, 0.717) is 36.6 Å². The molecule has 2 saturated heterocycles. The number of hydrogen-bond donors (Lipinski definition) is 2. The standard InChI is InChI=1S/C27H33F3N6O5/c1-15-10-20(24(37)32-16(2)27(28,29)30)33-23-22(15)35-9-5-6-17(12-35)36(23)25(38)34-21-11-18(7-8-31-21)39-13-19-14-40-26(3,4)41-19/h7-8,10-11,16-17,19H,5-6,9,12-14H2,1-4H3,(H,32,37)(H,31,34,38)/t16-,17?,19+/m1/s1. The first-order valence-electron chi connectivity index (χ1n) is 13.5. The van der Waals surface area contributed by atoms with Crippen molar-refractivity contribution in [3.05, 3.63) is 35.7 Å². The van der Waals surface area contributed by atoms with Gasteiger partial charge in [0.2, 0.25) is 0 Å². The minimum atomic E-state index is -4.60. The molecule has 0 aliphatic carbocycles. The molecule has 2 fully saturated rings. The minimum Gasteiger partial charge on any atom is -0.491 e. The van der Waals surface area contributed by atoms with Crippen molar-refractivity contribution in [2.75, 3.05) is 41.4 Å². The number of ether oxygens (including phenoxy) is 3. The van der Waals surface area contributed by atoms with E-state index in [4.69, 9.17) is 14.2 Å². The fraction of sp³-hybridized carbons (Fsp3) is 0.556. The van der Waals surface area contributed by atoms with Crippen LogP contribution in [0.15, 0.2) is 24.4 Å². The molecule has 222 valence electrons. The summed E-state index contributed by atoms with van der Waals surface area (Å²) in [5.41, 5.74) is 1.10. The number of urea groups is 1. The largest absolute Gasteiger partial charge is 0.491 e. The summed E-state index contributed by atoms with van der Waals surface area (Å²) in [7, 11) is 0. The summed E-state index contributed by atoms with van der Waals surface area (Å²) in [5.74, 6) is -0.719. The van der Waals surface area contributed by atoms with Gasteiger partial charge in [-0.1, -0.05) is 0 Å². The van der Waals surface area contributed by atoms with Gasteiger partial charge >= 0.3 is 12.2 Å². The number of nitrogens with one attached hydrogen (secondary N) is 2. The molecular formula is C27H33F3N6O5. The van der Waals surface area contributed by atoms with Crippen LogP contribution in [0, 0.1) is 6.92 Å². The van der Waals surface area contributed by atoms with Crippen LogP contribution < -0.4 is 25.2 Å². The lowest BCUT2D eigenvalue weighted by Crippen LogP contribution is -2.56. The zero-order valence-electron chi connectivity index (χ0n) is 23.2. The summed E-state index contributed by atoms with van der Waals surface area (Å²) in [6.07, 6.45) is -1.81. The van der Waals surface area contributed by atoms with Crippen LogP contribution in [0.4, 0.5) is 35.3 Å². The number of amides is 3. The Kier molecular flexibility index (Phi) is 7.72. The molecule has 2 aromatic rings. The van der Waals surface area contributed by atoms with E-state index in [9.17, 15) is 22.8 Å². The minimum absolute atomic E-state index is 0.203. The zero-order valence-corrected chi connectivity index (χ0v) is 23.2. The highest BCUT2D eigenvalue weighted by Crippen LogP contribution is 2.41. The highest BCUT2D eigenvalue weighted by molar-refractivity contribution is 6.05. The maximum atomic E-state index is 13.7. The third-order valence-corrected chi connectivity index (χ3v) is 7.23. The summed E-state index contributed by atoms with van der Waals surface area (Å²) in [4.78, 5) is 38.6. The molecule has 0 spiro atoms. The molecule has 3 aliphatic rings. The molecule has 5 rings (SSSR count). The Bertz CT molecular complexity index is 1320. The first kappa shape index (κ1) is 28.9. The molecule has 2 bridgehead atoms. The Morgan fingerprint density at radius 3 is 2.78 bits per heavy atom. The average Bonchev–Trinajstić information content (AvgIpc) is 3.25. The summed E-state index contributed by atoms with van der Waals surface area (Å²) in [6, 6.07) is 1.85. The summed E-state index contributed by atoms with van der Waals surface area (Å²) < 4.78 is 56.3. The van der Waals surface area contributed by atoms with Gasteiger partial charge < -0.3 is 24.4 Å². The molecule has 3 aliphatic heterocycles. The molecule has 0 radical (unpaired) electrons. The number of anilines is 3. The average molecular weight is 579 g/mol. The number of rotatable bonds is 6. The van der Waals surface area contributed by atoms with Gasteiger partial charge in [0.05, 0.1) is 18.3 Å². The molecule has 1 unspecified atom stereocenters. The van der Waals surface area contributed by atoms with Crippen molar-refractivity contribution >= 4 is 29.3 Å². The topological polar surface area (TPSA) is 118 Å². The molecule has 2 N–H and O–H groups in total. The predicted octanol–water partition coefficient (Wildman–Crippen LogP) is 4.02. The Balaban J connectivity index is 1.36. The number of aryl methyl sites for hydroxylation is 1. The monoisotopic (exact) mass is 578 g/mol. The van der Waals surface area contributed by atoms with Crippen LogP contribution in [0.25, 0.3) is 0 Å². The smallest absolute Gasteiger partial charge is 0.408 e. The third kappa shape index (κ3) is 6.32. The van der Waals surface area contributed by atoms with Crippen LogP contribution in [-0.4, -0.2) is 78.4 Å². The number of pyridine rings is 2. The Hall–Kier alpha value is -3.65.